The standard InChI is InChI=1S/C4H4F4/c5-2-3(6)1-4(7)8/h1,4H,2H2/b3-1-. The highest BCUT2D eigenvalue weighted by atomic mass is 19.3. The van der Waals surface area contributed by atoms with Crippen molar-refractivity contribution in [3.8, 4) is 0 Å². The van der Waals surface area contributed by atoms with Gasteiger partial charge in [-0.15, -0.1) is 0 Å². The Morgan fingerprint density at radius 2 is 2.00 bits per heavy atom. The smallest absolute Gasteiger partial charge is 0.243 e. The normalized spacial score (nSPS) is 12.9. The highest BCUT2D eigenvalue weighted by Gasteiger charge is 1.99. The molecule has 0 aliphatic carbocycles. The maximum Gasteiger partial charge on any atom is 0.259 e. The quantitative estimate of drug-likeness (QED) is 0.499. The van der Waals surface area contributed by atoms with Crippen molar-refractivity contribution in [3.63, 3.8) is 0 Å². The maximum atomic E-state index is 11.4. The first-order chi connectivity index (χ1) is 3.66. The van der Waals surface area contributed by atoms with Crippen molar-refractivity contribution < 1.29 is 17.6 Å². The summed E-state index contributed by atoms with van der Waals surface area (Å²) in [5.41, 5.74) is 0. The molecule has 0 saturated carbocycles. The SMILES string of the molecule is FC/C(F)=C/C(F)F. The predicted octanol–water partition coefficient (Wildman–Crippen LogP) is 2.07. The summed E-state index contributed by atoms with van der Waals surface area (Å²) >= 11 is 0. The molecule has 0 rings (SSSR count). The van der Waals surface area contributed by atoms with E-state index in [2.05, 4.69) is 0 Å². The Morgan fingerprint density at radius 1 is 1.50 bits per heavy atom. The van der Waals surface area contributed by atoms with Crippen LogP contribution in [-0.2, 0) is 0 Å². The third-order valence-corrected chi connectivity index (χ3v) is 0.434. The van der Waals surface area contributed by atoms with Gasteiger partial charge in [-0.25, -0.2) is 17.6 Å². The zero-order valence-corrected chi connectivity index (χ0v) is 3.87. The first kappa shape index (κ1) is 7.46. The highest BCUT2D eigenvalue weighted by Crippen LogP contribution is 2.02. The molecule has 0 aliphatic heterocycles. The van der Waals surface area contributed by atoms with Crippen LogP contribution in [0.4, 0.5) is 17.6 Å². The number of hydrogen-bond donors (Lipinski definition) is 0. The van der Waals surface area contributed by atoms with Crippen LogP contribution in [0.25, 0.3) is 0 Å². The zero-order valence-electron chi connectivity index (χ0n) is 3.87. The second-order valence-electron chi connectivity index (χ2n) is 1.08. The Kier molecular flexibility index (Phi) is 3.23. The molecule has 0 radical (unpaired) electrons. The van der Waals surface area contributed by atoms with Crippen LogP contribution < -0.4 is 0 Å². The van der Waals surface area contributed by atoms with Gasteiger partial charge in [0.05, 0.1) is 0 Å². The van der Waals surface area contributed by atoms with Crippen LogP contribution in [0.1, 0.15) is 0 Å². The van der Waals surface area contributed by atoms with Gasteiger partial charge in [-0.05, 0) is 0 Å². The van der Waals surface area contributed by atoms with E-state index >= 15 is 0 Å². The van der Waals surface area contributed by atoms with E-state index in [1.165, 1.54) is 0 Å². The van der Waals surface area contributed by atoms with Crippen molar-refractivity contribution >= 4 is 0 Å². The van der Waals surface area contributed by atoms with Crippen molar-refractivity contribution in [2.75, 3.05) is 6.67 Å². The number of hydrogen-bond acceptors (Lipinski definition) is 0. The molecule has 4 heteroatoms. The maximum absolute atomic E-state index is 11.4. The first-order valence-corrected chi connectivity index (χ1v) is 1.87. The molecular weight excluding hydrogens is 124 g/mol. The fourth-order valence-electron chi connectivity index (χ4n) is 0.181. The van der Waals surface area contributed by atoms with E-state index in [0.29, 0.717) is 0 Å². The minimum atomic E-state index is -2.90. The number of rotatable bonds is 2. The van der Waals surface area contributed by atoms with Crippen LogP contribution in [0.3, 0.4) is 0 Å². The van der Waals surface area contributed by atoms with Crippen LogP contribution in [0.2, 0.25) is 0 Å². The number of halogens is 4. The van der Waals surface area contributed by atoms with Crippen molar-refractivity contribution in [2.24, 2.45) is 0 Å². The van der Waals surface area contributed by atoms with E-state index in [4.69, 9.17) is 0 Å². The van der Waals surface area contributed by atoms with Gasteiger partial charge in [0, 0.05) is 6.08 Å². The van der Waals surface area contributed by atoms with Crippen molar-refractivity contribution in [3.05, 3.63) is 11.9 Å². The van der Waals surface area contributed by atoms with Gasteiger partial charge in [0.2, 0.25) is 0 Å². The summed E-state index contributed by atoms with van der Waals surface area (Å²) in [7, 11) is 0. The Balaban J connectivity index is 3.56. The molecule has 0 nitrogen and oxygen atoms in total. The van der Waals surface area contributed by atoms with Gasteiger partial charge in [0.1, 0.15) is 12.5 Å². The Bertz CT molecular complexity index is 86.0. The lowest BCUT2D eigenvalue weighted by atomic mass is 10.5. The van der Waals surface area contributed by atoms with Crippen LogP contribution in [0.15, 0.2) is 11.9 Å². The topological polar surface area (TPSA) is 0 Å². The molecule has 0 atom stereocenters. The third-order valence-electron chi connectivity index (χ3n) is 0.434. The predicted molar refractivity (Wildman–Crippen MR) is 21.2 cm³/mol. The van der Waals surface area contributed by atoms with Gasteiger partial charge in [-0.1, -0.05) is 0 Å². The zero-order chi connectivity index (χ0) is 6.57. The molecule has 0 fully saturated rings. The van der Waals surface area contributed by atoms with Crippen molar-refractivity contribution in [1.29, 1.82) is 0 Å². The molecule has 0 heterocycles. The molecule has 0 saturated heterocycles. The fraction of sp³-hybridized carbons (Fsp3) is 0.500. The Hall–Kier alpha value is -0.540. The number of alkyl halides is 3. The molecule has 48 valence electrons. The van der Waals surface area contributed by atoms with E-state index in [1.807, 2.05) is 0 Å². The molecule has 0 N–H and O–H groups in total. The van der Waals surface area contributed by atoms with Gasteiger partial charge in [0.15, 0.2) is 0 Å². The molecule has 0 aromatic rings. The summed E-state index contributed by atoms with van der Waals surface area (Å²) in [6.45, 7) is -1.45. The monoisotopic (exact) mass is 128 g/mol. The van der Waals surface area contributed by atoms with Crippen molar-refractivity contribution in [1.82, 2.24) is 0 Å². The molecule has 8 heavy (non-hydrogen) atoms. The third kappa shape index (κ3) is 3.64. The minimum Gasteiger partial charge on any atom is -0.243 e. The molecule has 0 aromatic carbocycles. The van der Waals surface area contributed by atoms with E-state index < -0.39 is 18.9 Å². The van der Waals surface area contributed by atoms with Crippen molar-refractivity contribution in [2.45, 2.75) is 6.43 Å². The van der Waals surface area contributed by atoms with E-state index in [0.717, 1.165) is 0 Å². The summed E-state index contributed by atoms with van der Waals surface area (Å²) in [5, 5.41) is 0. The summed E-state index contributed by atoms with van der Waals surface area (Å²) in [5.74, 6) is -1.42. The minimum absolute atomic E-state index is 0.0694. The summed E-state index contributed by atoms with van der Waals surface area (Å²) in [6.07, 6.45) is -2.97. The van der Waals surface area contributed by atoms with Crippen LogP contribution >= 0.6 is 0 Å². The van der Waals surface area contributed by atoms with Gasteiger partial charge in [-0.2, -0.15) is 0 Å². The molecule has 0 spiro atoms. The average Bonchev–Trinajstić information content (AvgIpc) is 1.65. The average molecular weight is 128 g/mol. The molecule has 0 aliphatic rings. The van der Waals surface area contributed by atoms with E-state index in [9.17, 15) is 17.6 Å². The van der Waals surface area contributed by atoms with Gasteiger partial charge in [0.25, 0.3) is 6.43 Å². The molecule has 0 aromatic heterocycles. The van der Waals surface area contributed by atoms with E-state index in [1.54, 1.807) is 0 Å². The van der Waals surface area contributed by atoms with E-state index in [-0.39, 0.29) is 6.08 Å². The Morgan fingerprint density at radius 3 is 2.12 bits per heavy atom. The van der Waals surface area contributed by atoms with Gasteiger partial charge < -0.3 is 0 Å². The second kappa shape index (κ2) is 3.46. The Labute approximate surface area is 43.8 Å². The van der Waals surface area contributed by atoms with Crippen LogP contribution in [0, 0.1) is 0 Å². The summed E-state index contributed by atoms with van der Waals surface area (Å²) < 4.78 is 44.3. The lowest BCUT2D eigenvalue weighted by Gasteiger charge is -1.85. The van der Waals surface area contributed by atoms with Crippen LogP contribution in [0.5, 0.6) is 0 Å². The van der Waals surface area contributed by atoms with Crippen LogP contribution in [-0.4, -0.2) is 13.1 Å². The lowest BCUT2D eigenvalue weighted by Crippen LogP contribution is -1.85. The highest BCUT2D eigenvalue weighted by molar-refractivity contribution is 4.92. The first-order valence-electron chi connectivity index (χ1n) is 1.87. The number of allylic oxidation sites excluding steroid dienone is 2. The fourth-order valence-corrected chi connectivity index (χ4v) is 0.181. The summed E-state index contributed by atoms with van der Waals surface area (Å²) in [4.78, 5) is 0. The molecule has 0 bridgehead atoms. The largest absolute Gasteiger partial charge is 0.259 e. The molecule has 0 unspecified atom stereocenters. The second-order valence-corrected chi connectivity index (χ2v) is 1.08. The lowest BCUT2D eigenvalue weighted by molar-refractivity contribution is 0.199. The summed E-state index contributed by atoms with van der Waals surface area (Å²) in [6, 6.07) is 0. The van der Waals surface area contributed by atoms with Gasteiger partial charge in [-0.3, -0.25) is 0 Å². The van der Waals surface area contributed by atoms with Gasteiger partial charge >= 0.3 is 0 Å². The molecular formula is C4H4F4. The molecule has 0 amide bonds.